The Hall–Kier alpha value is -2.91. The van der Waals surface area contributed by atoms with Crippen LogP contribution in [0.3, 0.4) is 0 Å². The Balaban J connectivity index is 2.24. The number of hydrogen-bond donors (Lipinski definition) is 1. The molecule has 0 unspecified atom stereocenters. The Morgan fingerprint density at radius 3 is 2.21 bits per heavy atom. The van der Waals surface area contributed by atoms with Gasteiger partial charge in [-0.2, -0.15) is 0 Å². The number of rotatable bonds is 10. The van der Waals surface area contributed by atoms with Crippen LogP contribution in [0.2, 0.25) is 0 Å². The van der Waals surface area contributed by atoms with Crippen LogP contribution in [0.15, 0.2) is 60.7 Å². The van der Waals surface area contributed by atoms with Crippen LogP contribution >= 0.6 is 0 Å². The summed E-state index contributed by atoms with van der Waals surface area (Å²) in [4.78, 5) is 5.08. The average Bonchev–Trinajstić information content (AvgIpc) is 2.82. The summed E-state index contributed by atoms with van der Waals surface area (Å²) >= 11 is 0. The predicted molar refractivity (Wildman–Crippen MR) is 138 cm³/mol. The Morgan fingerprint density at radius 2 is 1.58 bits per heavy atom. The van der Waals surface area contributed by atoms with Gasteiger partial charge in [0.05, 0.1) is 12.3 Å². The molecule has 1 heterocycles. The molecule has 0 aliphatic rings. The van der Waals surface area contributed by atoms with Gasteiger partial charge in [-0.05, 0) is 29.9 Å². The molecule has 3 aromatic rings. The molecule has 2 aromatic carbocycles. The largest absolute Gasteiger partial charge is 0.488 e. The van der Waals surface area contributed by atoms with Crippen LogP contribution in [0.4, 0.5) is 0 Å². The molecule has 0 atom stereocenters. The fourth-order valence-electron chi connectivity index (χ4n) is 4.13. The zero-order valence-electron chi connectivity index (χ0n) is 20.6. The highest BCUT2D eigenvalue weighted by molar-refractivity contribution is 5.83. The highest BCUT2D eigenvalue weighted by Gasteiger charge is 2.24. The third-order valence-corrected chi connectivity index (χ3v) is 5.78. The van der Waals surface area contributed by atoms with Crippen LogP contribution in [-0.2, 0) is 13.2 Å². The van der Waals surface area contributed by atoms with E-state index in [0.717, 1.165) is 57.8 Å². The van der Waals surface area contributed by atoms with E-state index >= 15 is 0 Å². The van der Waals surface area contributed by atoms with Gasteiger partial charge in [-0.15, -0.1) is 0 Å². The van der Waals surface area contributed by atoms with Crippen molar-refractivity contribution in [2.75, 3.05) is 0 Å². The van der Waals surface area contributed by atoms with Crippen molar-refractivity contribution >= 4 is 6.08 Å². The lowest BCUT2D eigenvalue weighted by Gasteiger charge is -2.24. The second-order valence-electron chi connectivity index (χ2n) is 9.08. The van der Waals surface area contributed by atoms with Gasteiger partial charge in [0.2, 0.25) is 0 Å². The van der Waals surface area contributed by atoms with E-state index in [1.165, 1.54) is 0 Å². The molecule has 0 aliphatic carbocycles. The average molecular weight is 444 g/mol. The summed E-state index contributed by atoms with van der Waals surface area (Å²) in [7, 11) is 0. The molecule has 33 heavy (non-hydrogen) atoms. The van der Waals surface area contributed by atoms with Gasteiger partial charge in [0.25, 0.3) is 0 Å². The monoisotopic (exact) mass is 443 g/mol. The number of allylic oxidation sites excluding steroid dienone is 1. The van der Waals surface area contributed by atoms with Crippen molar-refractivity contribution in [2.45, 2.75) is 72.5 Å². The summed E-state index contributed by atoms with van der Waals surface area (Å²) in [6.07, 6.45) is 6.50. The number of aromatic nitrogens is 1. The van der Waals surface area contributed by atoms with Crippen LogP contribution in [0, 0.1) is 0 Å². The zero-order valence-corrected chi connectivity index (χ0v) is 20.6. The summed E-state index contributed by atoms with van der Waals surface area (Å²) in [5, 5.41) is 10.5. The van der Waals surface area contributed by atoms with Crippen molar-refractivity contribution in [3.8, 4) is 16.9 Å². The van der Waals surface area contributed by atoms with Crippen molar-refractivity contribution in [1.29, 1.82) is 0 Å². The van der Waals surface area contributed by atoms with Gasteiger partial charge in [0, 0.05) is 27.9 Å². The van der Waals surface area contributed by atoms with Crippen LogP contribution in [0.5, 0.6) is 5.75 Å². The van der Waals surface area contributed by atoms with Crippen LogP contribution in [0.1, 0.15) is 87.4 Å². The van der Waals surface area contributed by atoms with E-state index in [1.54, 1.807) is 0 Å². The van der Waals surface area contributed by atoms with Crippen molar-refractivity contribution < 1.29 is 9.84 Å². The zero-order chi connectivity index (χ0) is 23.8. The maximum absolute atomic E-state index is 10.5. The topological polar surface area (TPSA) is 42.4 Å². The molecule has 0 aliphatic heterocycles. The number of aliphatic hydroxyl groups is 1. The number of aliphatic hydroxyl groups excluding tert-OH is 1. The first-order chi connectivity index (χ1) is 16.0. The van der Waals surface area contributed by atoms with Gasteiger partial charge in [-0.1, -0.05) is 102 Å². The number of benzene rings is 2. The first-order valence-corrected chi connectivity index (χ1v) is 12.1. The highest BCUT2D eigenvalue weighted by atomic mass is 16.5. The lowest BCUT2D eigenvalue weighted by atomic mass is 9.86. The number of nitrogens with zero attached hydrogens (tertiary/aromatic N) is 1. The van der Waals surface area contributed by atoms with Gasteiger partial charge in [-0.3, -0.25) is 4.98 Å². The Bertz CT molecular complexity index is 1070. The SMILES string of the molecule is CCC/C=C/c1c(C(C)C)nc(C(C)C)c(CO)c1-c1ccccc1OCc1ccccc1. The minimum Gasteiger partial charge on any atom is -0.488 e. The normalized spacial score (nSPS) is 11.6. The maximum Gasteiger partial charge on any atom is 0.127 e. The number of ether oxygens (including phenoxy) is 1. The number of para-hydroxylation sites is 1. The lowest BCUT2D eigenvalue weighted by molar-refractivity contribution is 0.279. The molecule has 1 aromatic heterocycles. The number of unbranched alkanes of at least 4 members (excludes halogenated alkanes) is 1. The first-order valence-electron chi connectivity index (χ1n) is 12.1. The first kappa shape index (κ1) is 24.7. The summed E-state index contributed by atoms with van der Waals surface area (Å²) in [6, 6.07) is 18.4. The van der Waals surface area contributed by atoms with Crippen molar-refractivity contribution in [3.05, 3.63) is 88.8 Å². The fraction of sp³-hybridized carbons (Fsp3) is 0.367. The smallest absolute Gasteiger partial charge is 0.127 e. The minimum absolute atomic E-state index is 0.0597. The molecule has 0 amide bonds. The molecule has 3 rings (SSSR count). The highest BCUT2D eigenvalue weighted by Crippen LogP contribution is 2.41. The van der Waals surface area contributed by atoms with E-state index < -0.39 is 0 Å². The molecule has 0 radical (unpaired) electrons. The number of pyridine rings is 1. The lowest BCUT2D eigenvalue weighted by Crippen LogP contribution is -2.11. The van der Waals surface area contributed by atoms with E-state index in [2.05, 4.69) is 65.0 Å². The molecule has 0 fully saturated rings. The Kier molecular flexibility index (Phi) is 8.85. The van der Waals surface area contributed by atoms with Crippen molar-refractivity contribution in [1.82, 2.24) is 4.98 Å². The minimum atomic E-state index is -0.0597. The maximum atomic E-state index is 10.5. The van der Waals surface area contributed by atoms with E-state index in [1.807, 2.05) is 36.4 Å². The van der Waals surface area contributed by atoms with Crippen LogP contribution in [0.25, 0.3) is 17.2 Å². The van der Waals surface area contributed by atoms with Gasteiger partial charge in [-0.25, -0.2) is 0 Å². The van der Waals surface area contributed by atoms with Gasteiger partial charge >= 0.3 is 0 Å². The molecule has 0 bridgehead atoms. The molecule has 0 saturated carbocycles. The van der Waals surface area contributed by atoms with Crippen molar-refractivity contribution in [2.24, 2.45) is 0 Å². The summed E-state index contributed by atoms with van der Waals surface area (Å²) < 4.78 is 6.33. The van der Waals surface area contributed by atoms with E-state index in [0.29, 0.717) is 6.61 Å². The summed E-state index contributed by atoms with van der Waals surface area (Å²) in [5.41, 5.74) is 7.16. The van der Waals surface area contributed by atoms with E-state index in [9.17, 15) is 5.11 Å². The quantitative estimate of drug-likeness (QED) is 0.346. The third kappa shape index (κ3) is 5.91. The summed E-state index contributed by atoms with van der Waals surface area (Å²) in [6.45, 7) is 11.3. The Labute approximate surface area is 199 Å². The third-order valence-electron chi connectivity index (χ3n) is 5.78. The summed E-state index contributed by atoms with van der Waals surface area (Å²) in [5.74, 6) is 1.28. The molecular weight excluding hydrogens is 406 g/mol. The van der Waals surface area contributed by atoms with Crippen LogP contribution < -0.4 is 4.74 Å². The molecule has 3 nitrogen and oxygen atoms in total. The van der Waals surface area contributed by atoms with Gasteiger partial charge in [0.1, 0.15) is 12.4 Å². The predicted octanol–water partition coefficient (Wildman–Crippen LogP) is 7.88. The molecule has 3 heteroatoms. The molecule has 174 valence electrons. The van der Waals surface area contributed by atoms with Crippen LogP contribution in [-0.4, -0.2) is 10.1 Å². The van der Waals surface area contributed by atoms with Gasteiger partial charge < -0.3 is 9.84 Å². The molecule has 1 N–H and O–H groups in total. The molecular formula is C30H37NO2. The second kappa shape index (κ2) is 11.8. The van der Waals surface area contributed by atoms with Gasteiger partial charge in [0.15, 0.2) is 0 Å². The van der Waals surface area contributed by atoms with E-state index in [4.69, 9.17) is 9.72 Å². The standard InChI is InChI=1S/C30H37NO2/c1-6-7-9-17-25-28(26(19-32)30(22(4)5)31-29(25)21(2)3)24-16-12-13-18-27(24)33-20-23-14-10-8-11-15-23/h8-18,21-22,32H,6-7,19-20H2,1-5H3/b17-9+. The Morgan fingerprint density at radius 1 is 0.909 bits per heavy atom. The van der Waals surface area contributed by atoms with E-state index in [-0.39, 0.29) is 18.4 Å². The molecule has 0 saturated heterocycles. The number of hydrogen-bond acceptors (Lipinski definition) is 3. The molecule has 0 spiro atoms. The fourth-order valence-corrected chi connectivity index (χ4v) is 4.13. The second-order valence-corrected chi connectivity index (χ2v) is 9.08. The van der Waals surface area contributed by atoms with Crippen molar-refractivity contribution in [3.63, 3.8) is 0 Å².